The van der Waals surface area contributed by atoms with Gasteiger partial charge in [0.1, 0.15) is 17.7 Å². The maximum absolute atomic E-state index is 5.89. The quantitative estimate of drug-likeness (QED) is 0.460. The van der Waals surface area contributed by atoms with Crippen LogP contribution >= 0.6 is 0 Å². The molecule has 18 heavy (non-hydrogen) atoms. The smallest absolute Gasteiger partial charge is 0.134 e. The van der Waals surface area contributed by atoms with Gasteiger partial charge in [-0.25, -0.2) is 0 Å². The first-order chi connectivity index (χ1) is 8.74. The molecule has 1 unspecified atom stereocenters. The Hall–Kier alpha value is -1.65. The van der Waals surface area contributed by atoms with Crippen molar-refractivity contribution in [2.24, 2.45) is 10.7 Å². The van der Waals surface area contributed by atoms with E-state index >= 15 is 0 Å². The van der Waals surface area contributed by atoms with Crippen molar-refractivity contribution in [3.05, 3.63) is 42.6 Å². The Morgan fingerprint density at radius 1 is 1.44 bits per heavy atom. The minimum Gasteiger partial charge on any atom is -0.384 e. The van der Waals surface area contributed by atoms with Crippen LogP contribution in [0.2, 0.25) is 0 Å². The summed E-state index contributed by atoms with van der Waals surface area (Å²) in [6.07, 6.45) is 4.92. The first-order valence-corrected chi connectivity index (χ1v) is 6.32. The fraction of sp³-hybridized carbons (Fsp3) is 0.357. The zero-order valence-corrected chi connectivity index (χ0v) is 10.8. The molecule has 1 aliphatic rings. The van der Waals surface area contributed by atoms with Crippen LogP contribution in [-0.4, -0.2) is 36.9 Å². The normalized spacial score (nSPS) is 21.8. The summed E-state index contributed by atoms with van der Waals surface area (Å²) in [6.45, 7) is 2.12. The van der Waals surface area contributed by atoms with Crippen LogP contribution in [-0.2, 0) is 0 Å². The van der Waals surface area contributed by atoms with E-state index in [1.54, 1.807) is 0 Å². The van der Waals surface area contributed by atoms with E-state index in [1.165, 1.54) is 5.69 Å². The second-order valence-electron chi connectivity index (χ2n) is 4.70. The number of quaternary nitrogens is 1. The summed E-state index contributed by atoms with van der Waals surface area (Å²) in [7, 11) is 2.12. The van der Waals surface area contributed by atoms with E-state index in [2.05, 4.69) is 29.1 Å². The van der Waals surface area contributed by atoms with Gasteiger partial charge in [-0.2, -0.15) is 0 Å². The molecule has 4 heteroatoms. The molecular weight excluding hydrogens is 224 g/mol. The molecule has 1 saturated heterocycles. The van der Waals surface area contributed by atoms with E-state index in [-0.39, 0.29) is 0 Å². The highest BCUT2D eigenvalue weighted by atomic mass is 15.1. The lowest BCUT2D eigenvalue weighted by Crippen LogP contribution is -2.71. The summed E-state index contributed by atoms with van der Waals surface area (Å²) in [4.78, 5) is 6.78. The lowest BCUT2D eigenvalue weighted by Gasteiger charge is -2.05. The molecule has 2 rings (SSSR count). The summed E-state index contributed by atoms with van der Waals surface area (Å²) in [5.41, 5.74) is 7.06. The van der Waals surface area contributed by atoms with Gasteiger partial charge in [0.05, 0.1) is 6.04 Å². The molecule has 0 radical (unpaired) electrons. The second-order valence-corrected chi connectivity index (χ2v) is 4.70. The van der Waals surface area contributed by atoms with Crippen molar-refractivity contribution in [3.63, 3.8) is 0 Å². The van der Waals surface area contributed by atoms with Crippen molar-refractivity contribution in [2.75, 3.05) is 20.1 Å². The molecule has 1 aromatic rings. The van der Waals surface area contributed by atoms with Gasteiger partial charge < -0.3 is 10.6 Å². The average molecular weight is 245 g/mol. The number of likely N-dealkylation sites (tertiary alicyclic amines) is 1. The van der Waals surface area contributed by atoms with Crippen molar-refractivity contribution >= 4 is 11.5 Å². The third kappa shape index (κ3) is 3.98. The van der Waals surface area contributed by atoms with Crippen molar-refractivity contribution < 1.29 is 5.32 Å². The molecule has 1 aromatic carbocycles. The zero-order chi connectivity index (χ0) is 12.8. The van der Waals surface area contributed by atoms with Gasteiger partial charge in [-0.05, 0) is 32.1 Å². The molecule has 4 nitrogen and oxygen atoms in total. The Bertz CT molecular complexity index is 425. The van der Waals surface area contributed by atoms with Crippen LogP contribution in [0.15, 0.2) is 47.6 Å². The molecule has 1 fully saturated rings. The largest absolute Gasteiger partial charge is 0.384 e. The monoisotopic (exact) mass is 245 g/mol. The number of para-hydroxylation sites is 1. The van der Waals surface area contributed by atoms with Crippen molar-refractivity contribution in [1.82, 2.24) is 4.90 Å². The number of likely N-dealkylation sites (N-methyl/N-ethyl adjacent to an activating group) is 1. The molecule has 96 valence electrons. The van der Waals surface area contributed by atoms with Gasteiger partial charge in [-0.1, -0.05) is 18.2 Å². The number of benzene rings is 1. The minimum atomic E-state index is 0.358. The van der Waals surface area contributed by atoms with Crippen molar-refractivity contribution in [1.29, 1.82) is 0 Å². The maximum Gasteiger partial charge on any atom is 0.134 e. The fourth-order valence-corrected chi connectivity index (χ4v) is 2.09. The first kappa shape index (κ1) is 12.8. The van der Waals surface area contributed by atoms with Crippen molar-refractivity contribution in [3.8, 4) is 0 Å². The number of aliphatic imine (C=N–C) groups is 1. The highest BCUT2D eigenvalue weighted by Gasteiger charge is 2.18. The van der Waals surface area contributed by atoms with Gasteiger partial charge in [0.15, 0.2) is 0 Å². The maximum atomic E-state index is 5.89. The Kier molecular flexibility index (Phi) is 4.50. The summed E-state index contributed by atoms with van der Waals surface area (Å²) < 4.78 is 0. The van der Waals surface area contributed by atoms with Crippen LogP contribution in [0.4, 0.5) is 5.69 Å². The Morgan fingerprint density at radius 3 is 2.89 bits per heavy atom. The van der Waals surface area contributed by atoms with E-state index in [4.69, 9.17) is 5.73 Å². The lowest BCUT2D eigenvalue weighted by atomic mass is 10.3. The number of rotatable bonds is 4. The summed E-state index contributed by atoms with van der Waals surface area (Å²) in [5, 5.41) is 2.03. The molecule has 0 bridgehead atoms. The summed E-state index contributed by atoms with van der Waals surface area (Å²) in [5.74, 6) is 0.613. The lowest BCUT2D eigenvalue weighted by molar-refractivity contribution is -0.496. The van der Waals surface area contributed by atoms with Crippen LogP contribution in [0, 0.1) is 0 Å². The van der Waals surface area contributed by atoms with Crippen LogP contribution in [0.3, 0.4) is 0 Å². The molecule has 1 atom stereocenters. The van der Waals surface area contributed by atoms with E-state index < -0.39 is 0 Å². The molecular formula is C14H21N4+. The van der Waals surface area contributed by atoms with Gasteiger partial charge in [0, 0.05) is 12.6 Å². The zero-order valence-electron chi connectivity index (χ0n) is 10.8. The Labute approximate surface area is 108 Å². The molecule has 0 amide bonds. The van der Waals surface area contributed by atoms with Gasteiger partial charge >= 0.3 is 0 Å². The molecule has 0 saturated carbocycles. The first-order valence-electron chi connectivity index (χ1n) is 6.32. The van der Waals surface area contributed by atoms with Gasteiger partial charge in [-0.3, -0.25) is 10.3 Å². The third-order valence-electron chi connectivity index (χ3n) is 3.05. The molecule has 0 aliphatic carbocycles. The number of nitrogens with two attached hydrogens (primary N) is 2. The van der Waals surface area contributed by atoms with E-state index in [9.17, 15) is 0 Å². The van der Waals surface area contributed by atoms with Gasteiger partial charge in [0.2, 0.25) is 0 Å². The van der Waals surface area contributed by atoms with Gasteiger partial charge in [0.25, 0.3) is 0 Å². The van der Waals surface area contributed by atoms with E-state index in [0.717, 1.165) is 19.5 Å². The Morgan fingerprint density at radius 2 is 2.22 bits per heavy atom. The molecule has 1 heterocycles. The Balaban J connectivity index is 1.83. The molecule has 1 aliphatic heterocycles. The SMILES string of the molecule is CN1CCC(N=C(N)/C=C\[NH2+]c2ccccc2)C1. The number of amidine groups is 1. The predicted octanol–water partition coefficient (Wildman–Crippen LogP) is 0.457. The average Bonchev–Trinajstić information content (AvgIpc) is 2.76. The fourth-order valence-electron chi connectivity index (χ4n) is 2.09. The molecule has 0 spiro atoms. The van der Waals surface area contributed by atoms with Crippen molar-refractivity contribution in [2.45, 2.75) is 12.5 Å². The van der Waals surface area contributed by atoms with Crippen LogP contribution in [0.25, 0.3) is 0 Å². The third-order valence-corrected chi connectivity index (χ3v) is 3.05. The number of nitrogens with zero attached hydrogens (tertiary/aromatic N) is 2. The topological polar surface area (TPSA) is 58.2 Å². The predicted molar refractivity (Wildman–Crippen MR) is 74.7 cm³/mol. The molecule has 0 aromatic heterocycles. The summed E-state index contributed by atoms with van der Waals surface area (Å²) in [6, 6.07) is 10.5. The van der Waals surface area contributed by atoms with Crippen LogP contribution < -0.4 is 11.1 Å². The summed E-state index contributed by atoms with van der Waals surface area (Å²) >= 11 is 0. The van der Waals surface area contributed by atoms with E-state index in [0.29, 0.717) is 11.9 Å². The highest BCUT2D eigenvalue weighted by molar-refractivity contribution is 5.91. The van der Waals surface area contributed by atoms with Gasteiger partial charge in [-0.15, -0.1) is 0 Å². The van der Waals surface area contributed by atoms with Crippen LogP contribution in [0.5, 0.6) is 0 Å². The van der Waals surface area contributed by atoms with Crippen LogP contribution in [0.1, 0.15) is 6.42 Å². The minimum absolute atomic E-state index is 0.358. The number of hydrogen-bond acceptors (Lipinski definition) is 2. The standard InChI is InChI=1S/C14H20N4/c1-18-10-8-13(11-18)17-14(15)7-9-16-12-5-3-2-4-6-12/h2-7,9,13,16H,8,10-11H2,1H3,(H2,15,17)/p+1/b9-7-. The second kappa shape index (κ2) is 6.33. The van der Waals surface area contributed by atoms with E-state index in [1.807, 2.05) is 35.8 Å². The molecule has 4 N–H and O–H groups in total. The highest BCUT2D eigenvalue weighted by Crippen LogP contribution is 2.09. The number of hydrogen-bond donors (Lipinski definition) is 2.